The summed E-state index contributed by atoms with van der Waals surface area (Å²) in [5.41, 5.74) is 4.86. The van der Waals surface area contributed by atoms with E-state index in [1.165, 1.54) is 33.0 Å². The molecule has 0 fully saturated rings. The van der Waals surface area contributed by atoms with E-state index in [-0.39, 0.29) is 0 Å². The van der Waals surface area contributed by atoms with Gasteiger partial charge in [-0.1, -0.05) is 109 Å². The molecule has 0 aromatic heterocycles. The van der Waals surface area contributed by atoms with Gasteiger partial charge in [0.15, 0.2) is 0 Å². The molecule has 0 unspecified atom stereocenters. The first-order chi connectivity index (χ1) is 12.9. The Morgan fingerprint density at radius 2 is 0.769 bits per heavy atom. The fraction of sp³-hybridized carbons (Fsp3) is 0. The molecule has 0 atom stereocenters. The van der Waals surface area contributed by atoms with Crippen molar-refractivity contribution in [1.82, 2.24) is 0 Å². The summed E-state index contributed by atoms with van der Waals surface area (Å²) in [6.45, 7) is 0. The van der Waals surface area contributed by atoms with Gasteiger partial charge in [-0.3, -0.25) is 0 Å². The lowest BCUT2D eigenvalue weighted by Gasteiger charge is -2.06. The number of benzene rings is 4. The van der Waals surface area contributed by atoms with Crippen LogP contribution in [0, 0.1) is 0 Å². The van der Waals surface area contributed by atoms with Gasteiger partial charge < -0.3 is 0 Å². The van der Waals surface area contributed by atoms with E-state index in [2.05, 4.69) is 109 Å². The van der Waals surface area contributed by atoms with Crippen molar-refractivity contribution in [2.24, 2.45) is 0 Å². The van der Waals surface area contributed by atoms with Crippen molar-refractivity contribution in [2.45, 2.75) is 0 Å². The van der Waals surface area contributed by atoms with E-state index < -0.39 is 0 Å². The van der Waals surface area contributed by atoms with Gasteiger partial charge in [0.2, 0.25) is 0 Å². The number of rotatable bonds is 4. The van der Waals surface area contributed by atoms with Crippen LogP contribution >= 0.6 is 0 Å². The van der Waals surface area contributed by atoms with E-state index in [4.69, 9.17) is 0 Å². The molecule has 4 rings (SSSR count). The number of fused-ring (bicyclic) bond motifs is 1. The number of hydrogen-bond acceptors (Lipinski definition) is 0. The monoisotopic (exact) mass is 332 g/mol. The predicted octanol–water partition coefficient (Wildman–Crippen LogP) is 7.18. The minimum absolute atomic E-state index is 1.21. The van der Waals surface area contributed by atoms with Crippen LogP contribution in [-0.4, -0.2) is 0 Å². The van der Waals surface area contributed by atoms with Crippen molar-refractivity contribution in [3.8, 4) is 0 Å². The third kappa shape index (κ3) is 3.81. The molecular weight excluding hydrogens is 312 g/mol. The molecule has 0 radical (unpaired) electrons. The molecule has 4 aromatic rings. The van der Waals surface area contributed by atoms with E-state index in [9.17, 15) is 0 Å². The van der Waals surface area contributed by atoms with Crippen molar-refractivity contribution in [3.05, 3.63) is 119 Å². The summed E-state index contributed by atoms with van der Waals surface area (Å²) in [6.07, 6.45) is 8.74. The summed E-state index contributed by atoms with van der Waals surface area (Å²) in [4.78, 5) is 0. The smallest absolute Gasteiger partial charge is 0.0177 e. The summed E-state index contributed by atoms with van der Waals surface area (Å²) in [5.74, 6) is 0. The first-order valence-electron chi connectivity index (χ1n) is 8.87. The zero-order valence-electron chi connectivity index (χ0n) is 14.5. The minimum Gasteiger partial charge on any atom is -0.0622 e. The van der Waals surface area contributed by atoms with Crippen LogP contribution in [0.25, 0.3) is 35.1 Å². The Hall–Kier alpha value is -3.38. The molecule has 0 heterocycles. The van der Waals surface area contributed by atoms with Gasteiger partial charge in [-0.25, -0.2) is 0 Å². The molecule has 0 heteroatoms. The van der Waals surface area contributed by atoms with Gasteiger partial charge in [0.25, 0.3) is 0 Å². The van der Waals surface area contributed by atoms with Gasteiger partial charge in [0.1, 0.15) is 0 Å². The van der Waals surface area contributed by atoms with Crippen LogP contribution in [0.5, 0.6) is 0 Å². The molecule has 0 nitrogen and oxygen atoms in total. The average molecular weight is 332 g/mol. The summed E-state index contributed by atoms with van der Waals surface area (Å²) in [7, 11) is 0. The van der Waals surface area contributed by atoms with Crippen LogP contribution in [0.15, 0.2) is 97.1 Å². The van der Waals surface area contributed by atoms with Crippen molar-refractivity contribution in [1.29, 1.82) is 0 Å². The van der Waals surface area contributed by atoms with Gasteiger partial charge >= 0.3 is 0 Å². The molecule has 26 heavy (non-hydrogen) atoms. The maximum atomic E-state index is 2.26. The number of hydrogen-bond donors (Lipinski definition) is 0. The minimum atomic E-state index is 1.21. The van der Waals surface area contributed by atoms with Gasteiger partial charge in [-0.15, -0.1) is 0 Å². The fourth-order valence-corrected chi connectivity index (χ4v) is 3.06. The maximum absolute atomic E-state index is 2.26. The molecule has 0 N–H and O–H groups in total. The Bertz CT molecular complexity index is 967. The second kappa shape index (κ2) is 7.67. The van der Waals surface area contributed by atoms with Crippen molar-refractivity contribution in [3.63, 3.8) is 0 Å². The highest BCUT2D eigenvalue weighted by Crippen LogP contribution is 2.24. The topological polar surface area (TPSA) is 0 Å². The van der Waals surface area contributed by atoms with Crippen LogP contribution in [0.1, 0.15) is 22.3 Å². The summed E-state index contributed by atoms with van der Waals surface area (Å²) >= 11 is 0. The lowest BCUT2D eigenvalue weighted by atomic mass is 9.99. The van der Waals surface area contributed by atoms with Crippen LogP contribution < -0.4 is 0 Å². The van der Waals surface area contributed by atoms with E-state index in [1.54, 1.807) is 0 Å². The Kier molecular flexibility index (Phi) is 4.75. The Morgan fingerprint density at radius 3 is 1.19 bits per heavy atom. The molecule has 0 aliphatic heterocycles. The largest absolute Gasteiger partial charge is 0.0622 e. The summed E-state index contributed by atoms with van der Waals surface area (Å²) in [6, 6.07) is 33.9. The molecule has 0 spiro atoms. The highest BCUT2D eigenvalue weighted by molar-refractivity contribution is 5.91. The van der Waals surface area contributed by atoms with Crippen molar-refractivity contribution < 1.29 is 0 Å². The standard InChI is InChI=1S/C26H20/c1-3-9-21(10-4-1)15-17-25-19-23-13-7-8-14-24(23)20-26(25)18-16-22-11-5-2-6-12-22/h1-20H/b17-15+,18-16+. The lowest BCUT2D eigenvalue weighted by molar-refractivity contribution is 1.64. The van der Waals surface area contributed by atoms with Crippen molar-refractivity contribution >= 4 is 35.1 Å². The summed E-state index contributed by atoms with van der Waals surface area (Å²) < 4.78 is 0. The second-order valence-electron chi connectivity index (χ2n) is 6.32. The molecule has 4 aromatic carbocycles. The zero-order chi connectivity index (χ0) is 17.6. The molecular formula is C26H20. The fourth-order valence-electron chi connectivity index (χ4n) is 3.06. The molecule has 0 amide bonds. The molecule has 0 saturated heterocycles. The zero-order valence-corrected chi connectivity index (χ0v) is 14.5. The first-order valence-corrected chi connectivity index (χ1v) is 8.87. The highest BCUT2D eigenvalue weighted by Gasteiger charge is 2.01. The third-order valence-electron chi connectivity index (χ3n) is 4.46. The van der Waals surface area contributed by atoms with Gasteiger partial charge in [-0.05, 0) is 45.2 Å². The first kappa shape index (κ1) is 16.1. The van der Waals surface area contributed by atoms with Gasteiger partial charge in [-0.2, -0.15) is 0 Å². The Balaban J connectivity index is 1.76. The second-order valence-corrected chi connectivity index (χ2v) is 6.32. The van der Waals surface area contributed by atoms with E-state index in [0.717, 1.165) is 0 Å². The van der Waals surface area contributed by atoms with Gasteiger partial charge in [0.05, 0.1) is 0 Å². The third-order valence-corrected chi connectivity index (χ3v) is 4.46. The average Bonchev–Trinajstić information content (AvgIpc) is 2.72. The molecule has 0 saturated carbocycles. The molecule has 0 aliphatic rings. The normalized spacial score (nSPS) is 11.5. The van der Waals surface area contributed by atoms with Crippen LogP contribution in [0.4, 0.5) is 0 Å². The highest BCUT2D eigenvalue weighted by atomic mass is 14.1. The van der Waals surface area contributed by atoms with E-state index in [1.807, 2.05) is 12.1 Å². The lowest BCUT2D eigenvalue weighted by Crippen LogP contribution is -1.83. The Labute approximate surface area is 154 Å². The maximum Gasteiger partial charge on any atom is -0.0177 e. The SMILES string of the molecule is C(=C\c1cc2ccccc2cc1/C=C/c1ccccc1)/c1ccccc1. The Morgan fingerprint density at radius 1 is 0.385 bits per heavy atom. The van der Waals surface area contributed by atoms with Gasteiger partial charge in [0, 0.05) is 0 Å². The van der Waals surface area contributed by atoms with Crippen LogP contribution in [-0.2, 0) is 0 Å². The van der Waals surface area contributed by atoms with Crippen LogP contribution in [0.2, 0.25) is 0 Å². The molecule has 0 aliphatic carbocycles. The predicted molar refractivity (Wildman–Crippen MR) is 115 cm³/mol. The molecule has 124 valence electrons. The van der Waals surface area contributed by atoms with E-state index >= 15 is 0 Å². The summed E-state index contributed by atoms with van der Waals surface area (Å²) in [5, 5.41) is 2.52. The van der Waals surface area contributed by atoms with Crippen molar-refractivity contribution in [2.75, 3.05) is 0 Å². The molecule has 0 bridgehead atoms. The van der Waals surface area contributed by atoms with Crippen LogP contribution in [0.3, 0.4) is 0 Å². The van der Waals surface area contributed by atoms with E-state index in [0.29, 0.717) is 0 Å². The quantitative estimate of drug-likeness (QED) is 0.347.